The van der Waals surface area contributed by atoms with Gasteiger partial charge < -0.3 is 19.6 Å². The van der Waals surface area contributed by atoms with Crippen molar-refractivity contribution in [2.75, 3.05) is 62.2 Å². The number of nitrogens with zero attached hydrogens (tertiary/aromatic N) is 7. The topological polar surface area (TPSA) is 85.8 Å². The second-order valence-electron chi connectivity index (χ2n) is 6.86. The van der Waals surface area contributed by atoms with E-state index in [1.54, 1.807) is 22.1 Å². The number of carbonyl (C=O) groups is 2. The van der Waals surface area contributed by atoms with Gasteiger partial charge in [0.2, 0.25) is 6.41 Å². The average Bonchev–Trinajstić information content (AvgIpc) is 2.79. The van der Waals surface area contributed by atoms with Gasteiger partial charge in [0.1, 0.15) is 23.7 Å². The normalized spacial score (nSPS) is 17.6. The van der Waals surface area contributed by atoms with E-state index in [0.29, 0.717) is 31.9 Å². The second-order valence-corrected chi connectivity index (χ2v) is 6.86. The highest BCUT2D eigenvalue weighted by Gasteiger charge is 2.24. The molecule has 28 heavy (non-hydrogen) atoms. The van der Waals surface area contributed by atoms with Gasteiger partial charge in [-0.1, -0.05) is 6.07 Å². The number of carbonyl (C=O) groups excluding carboxylic acids is 2. The lowest BCUT2D eigenvalue weighted by molar-refractivity contribution is -0.119. The van der Waals surface area contributed by atoms with Crippen LogP contribution in [0, 0.1) is 0 Å². The van der Waals surface area contributed by atoms with Gasteiger partial charge in [-0.05, 0) is 12.1 Å². The first-order valence-corrected chi connectivity index (χ1v) is 9.46. The number of aromatic nitrogens is 3. The van der Waals surface area contributed by atoms with Gasteiger partial charge in [0, 0.05) is 64.6 Å². The van der Waals surface area contributed by atoms with Crippen LogP contribution in [0.5, 0.6) is 0 Å². The summed E-state index contributed by atoms with van der Waals surface area (Å²) in [5.74, 6) is 1.64. The number of pyridine rings is 1. The fourth-order valence-electron chi connectivity index (χ4n) is 3.53. The summed E-state index contributed by atoms with van der Waals surface area (Å²) in [6, 6.07) is 7.69. The Bertz CT molecular complexity index is 816. The van der Waals surface area contributed by atoms with Gasteiger partial charge in [0.05, 0.1) is 0 Å². The maximum Gasteiger partial charge on any atom is 0.272 e. The van der Waals surface area contributed by atoms with Crippen LogP contribution in [0.15, 0.2) is 36.8 Å². The summed E-state index contributed by atoms with van der Waals surface area (Å²) in [5.41, 5.74) is 0.400. The van der Waals surface area contributed by atoms with Gasteiger partial charge in [0.25, 0.3) is 5.91 Å². The summed E-state index contributed by atoms with van der Waals surface area (Å²) in [6.45, 7) is 5.47. The van der Waals surface area contributed by atoms with Gasteiger partial charge in [-0.15, -0.1) is 0 Å². The lowest BCUT2D eigenvalue weighted by Crippen LogP contribution is -2.48. The molecule has 2 aromatic rings. The Kier molecular flexibility index (Phi) is 5.31. The van der Waals surface area contributed by atoms with E-state index in [1.807, 2.05) is 18.2 Å². The molecule has 0 bridgehead atoms. The minimum atomic E-state index is -0.110. The van der Waals surface area contributed by atoms with E-state index in [1.165, 1.54) is 6.33 Å². The zero-order valence-electron chi connectivity index (χ0n) is 15.6. The van der Waals surface area contributed by atoms with Gasteiger partial charge in [-0.3, -0.25) is 9.59 Å². The molecular weight excluding hydrogens is 358 g/mol. The molecule has 0 unspecified atom stereocenters. The highest BCUT2D eigenvalue weighted by molar-refractivity contribution is 5.93. The molecular formula is C19H23N7O2. The largest absolute Gasteiger partial charge is 0.353 e. The Morgan fingerprint density at radius 3 is 2.21 bits per heavy atom. The van der Waals surface area contributed by atoms with Crippen molar-refractivity contribution in [1.82, 2.24) is 24.8 Å². The first-order valence-electron chi connectivity index (χ1n) is 9.46. The number of hydrogen-bond acceptors (Lipinski definition) is 7. The molecule has 9 nitrogen and oxygen atoms in total. The maximum atomic E-state index is 12.8. The Morgan fingerprint density at radius 2 is 1.57 bits per heavy atom. The molecule has 2 saturated heterocycles. The molecule has 2 amide bonds. The van der Waals surface area contributed by atoms with E-state index < -0.39 is 0 Å². The van der Waals surface area contributed by atoms with Crippen molar-refractivity contribution in [2.24, 2.45) is 0 Å². The molecule has 4 heterocycles. The number of amides is 2. The van der Waals surface area contributed by atoms with Crippen molar-refractivity contribution in [2.45, 2.75) is 0 Å². The summed E-state index contributed by atoms with van der Waals surface area (Å²) in [5, 5.41) is 0. The van der Waals surface area contributed by atoms with Crippen molar-refractivity contribution >= 4 is 24.0 Å². The minimum absolute atomic E-state index is 0.110. The van der Waals surface area contributed by atoms with Gasteiger partial charge >= 0.3 is 0 Å². The number of piperazine rings is 2. The molecule has 0 aliphatic carbocycles. The first kappa shape index (κ1) is 18.1. The second kappa shape index (κ2) is 8.20. The fraction of sp³-hybridized carbons (Fsp3) is 0.421. The SMILES string of the molecule is O=CN1CCN(C(=O)c2cc(N3CCN(c4ccccn4)CC3)ncn2)CC1. The third kappa shape index (κ3) is 3.88. The molecule has 2 aliphatic heterocycles. The zero-order valence-corrected chi connectivity index (χ0v) is 15.6. The third-order valence-electron chi connectivity index (χ3n) is 5.20. The van der Waals surface area contributed by atoms with Crippen LogP contribution in [0.2, 0.25) is 0 Å². The molecule has 146 valence electrons. The van der Waals surface area contributed by atoms with E-state index in [2.05, 4.69) is 24.8 Å². The molecule has 4 rings (SSSR count). The van der Waals surface area contributed by atoms with E-state index in [4.69, 9.17) is 0 Å². The molecule has 9 heteroatoms. The molecule has 0 saturated carbocycles. The van der Waals surface area contributed by atoms with E-state index >= 15 is 0 Å². The van der Waals surface area contributed by atoms with Gasteiger partial charge in [-0.25, -0.2) is 15.0 Å². The average molecular weight is 381 g/mol. The molecule has 0 spiro atoms. The molecule has 2 aromatic heterocycles. The molecule has 2 fully saturated rings. The molecule has 0 aromatic carbocycles. The Labute approximate surface area is 163 Å². The molecule has 2 aliphatic rings. The van der Waals surface area contributed by atoms with E-state index in [9.17, 15) is 9.59 Å². The standard InChI is InChI=1S/C19H23N7O2/c27-15-23-5-7-26(8-6-23)19(28)16-13-18(22-14-21-16)25-11-9-24(10-12-25)17-3-1-2-4-20-17/h1-4,13-15H,5-12H2. The van der Waals surface area contributed by atoms with Crippen LogP contribution < -0.4 is 9.80 Å². The predicted octanol–water partition coefficient (Wildman–Crippen LogP) is 0.112. The molecule has 0 atom stereocenters. The van der Waals surface area contributed by atoms with Crippen LogP contribution >= 0.6 is 0 Å². The van der Waals surface area contributed by atoms with Crippen molar-refractivity contribution in [1.29, 1.82) is 0 Å². The summed E-state index contributed by atoms with van der Waals surface area (Å²) in [7, 11) is 0. The Morgan fingerprint density at radius 1 is 0.857 bits per heavy atom. The van der Waals surface area contributed by atoms with Crippen LogP contribution in [0.25, 0.3) is 0 Å². The minimum Gasteiger partial charge on any atom is -0.353 e. The van der Waals surface area contributed by atoms with Crippen LogP contribution in [0.1, 0.15) is 10.5 Å². The van der Waals surface area contributed by atoms with Crippen LogP contribution in [0.3, 0.4) is 0 Å². The van der Waals surface area contributed by atoms with Crippen molar-refractivity contribution in [3.05, 3.63) is 42.5 Å². The fourth-order valence-corrected chi connectivity index (χ4v) is 3.53. The monoisotopic (exact) mass is 381 g/mol. The predicted molar refractivity (Wildman–Crippen MR) is 104 cm³/mol. The van der Waals surface area contributed by atoms with Gasteiger partial charge in [0.15, 0.2) is 0 Å². The molecule has 0 N–H and O–H groups in total. The summed E-state index contributed by atoms with van der Waals surface area (Å²) < 4.78 is 0. The van der Waals surface area contributed by atoms with E-state index in [-0.39, 0.29) is 5.91 Å². The van der Waals surface area contributed by atoms with E-state index in [0.717, 1.165) is 44.2 Å². The van der Waals surface area contributed by atoms with Crippen LogP contribution in [-0.4, -0.2) is 89.4 Å². The van der Waals surface area contributed by atoms with Crippen molar-refractivity contribution < 1.29 is 9.59 Å². The number of anilines is 2. The lowest BCUT2D eigenvalue weighted by atomic mass is 10.2. The van der Waals surface area contributed by atoms with Gasteiger partial charge in [-0.2, -0.15) is 0 Å². The summed E-state index contributed by atoms with van der Waals surface area (Å²) in [4.78, 5) is 44.4. The Hall–Kier alpha value is -3.23. The lowest BCUT2D eigenvalue weighted by Gasteiger charge is -2.36. The maximum absolute atomic E-state index is 12.8. The van der Waals surface area contributed by atoms with Crippen molar-refractivity contribution in [3.63, 3.8) is 0 Å². The van der Waals surface area contributed by atoms with Crippen molar-refractivity contribution in [3.8, 4) is 0 Å². The quantitative estimate of drug-likeness (QED) is 0.695. The van der Waals surface area contributed by atoms with Crippen LogP contribution in [0.4, 0.5) is 11.6 Å². The highest BCUT2D eigenvalue weighted by Crippen LogP contribution is 2.18. The smallest absolute Gasteiger partial charge is 0.272 e. The zero-order chi connectivity index (χ0) is 19.3. The highest BCUT2D eigenvalue weighted by atomic mass is 16.2. The first-order chi connectivity index (χ1) is 13.7. The third-order valence-corrected chi connectivity index (χ3v) is 5.20. The Balaban J connectivity index is 1.39. The number of hydrogen-bond donors (Lipinski definition) is 0. The summed E-state index contributed by atoms with van der Waals surface area (Å²) >= 11 is 0. The van der Waals surface area contributed by atoms with Crippen LogP contribution in [-0.2, 0) is 4.79 Å². The summed E-state index contributed by atoms with van der Waals surface area (Å²) in [6.07, 6.45) is 4.09. The molecule has 0 radical (unpaired) electrons. The number of rotatable bonds is 4.